The summed E-state index contributed by atoms with van der Waals surface area (Å²) in [5.41, 5.74) is 0. The minimum Gasteiger partial charge on any atom is -0.354 e. The second-order valence-corrected chi connectivity index (χ2v) is 6.16. The lowest BCUT2D eigenvalue weighted by atomic mass is 10.1. The Labute approximate surface area is 90.5 Å². The van der Waals surface area contributed by atoms with Crippen molar-refractivity contribution in [1.29, 1.82) is 0 Å². The predicted octanol–water partition coefficient (Wildman–Crippen LogP) is -0.711. The highest BCUT2D eigenvalue weighted by atomic mass is 32.2. The van der Waals surface area contributed by atoms with Crippen LogP contribution in [0.1, 0.15) is 19.3 Å². The highest BCUT2D eigenvalue weighted by Gasteiger charge is 2.15. The van der Waals surface area contributed by atoms with Gasteiger partial charge >= 0.3 is 0 Å². The number of rotatable bonds is 4. The van der Waals surface area contributed by atoms with Crippen LogP contribution in [0.4, 0.5) is 0 Å². The maximum absolute atomic E-state index is 11.2. The van der Waals surface area contributed by atoms with Gasteiger partial charge in [-0.2, -0.15) is 0 Å². The molecule has 5 nitrogen and oxygen atoms in total. The number of carbonyl (C=O) groups is 1. The second kappa shape index (κ2) is 5.46. The zero-order chi connectivity index (χ0) is 11.3. The van der Waals surface area contributed by atoms with Gasteiger partial charge in [-0.25, -0.2) is 8.42 Å². The van der Waals surface area contributed by atoms with Crippen molar-refractivity contribution in [3.05, 3.63) is 0 Å². The zero-order valence-electron chi connectivity index (χ0n) is 8.95. The van der Waals surface area contributed by atoms with Gasteiger partial charge in [0.05, 0.1) is 0 Å². The van der Waals surface area contributed by atoms with E-state index in [1.807, 2.05) is 0 Å². The fourth-order valence-electron chi connectivity index (χ4n) is 1.62. The Balaban J connectivity index is 2.21. The molecule has 1 saturated heterocycles. The molecule has 0 radical (unpaired) electrons. The molecule has 0 aromatic heterocycles. The average molecular weight is 234 g/mol. The summed E-state index contributed by atoms with van der Waals surface area (Å²) in [4.78, 5) is 11.2. The largest absolute Gasteiger partial charge is 0.354 e. The number of piperidine rings is 1. The van der Waals surface area contributed by atoms with Crippen LogP contribution in [0, 0.1) is 0 Å². The monoisotopic (exact) mass is 234 g/mol. The Morgan fingerprint density at radius 2 is 2.20 bits per heavy atom. The van der Waals surface area contributed by atoms with Crippen LogP contribution in [0.3, 0.4) is 0 Å². The lowest BCUT2D eigenvalue weighted by Gasteiger charge is -2.23. The first-order valence-corrected chi connectivity index (χ1v) is 7.21. The van der Waals surface area contributed by atoms with E-state index in [0.717, 1.165) is 19.2 Å². The second-order valence-electron chi connectivity index (χ2n) is 4.02. The highest BCUT2D eigenvalue weighted by Crippen LogP contribution is 2.05. The summed E-state index contributed by atoms with van der Waals surface area (Å²) in [6.45, 7) is 1.50. The van der Waals surface area contributed by atoms with Crippen LogP contribution in [0.25, 0.3) is 0 Å². The third-order valence-electron chi connectivity index (χ3n) is 2.35. The summed E-state index contributed by atoms with van der Waals surface area (Å²) in [7, 11) is -3.21. The number of nitrogens with one attached hydrogen (secondary N) is 2. The Hall–Kier alpha value is -0.620. The van der Waals surface area contributed by atoms with Crippen molar-refractivity contribution in [2.45, 2.75) is 25.3 Å². The fraction of sp³-hybridized carbons (Fsp3) is 0.889. The van der Waals surface area contributed by atoms with E-state index in [9.17, 15) is 13.2 Å². The van der Waals surface area contributed by atoms with E-state index < -0.39 is 21.5 Å². The summed E-state index contributed by atoms with van der Waals surface area (Å²) >= 11 is 0. The van der Waals surface area contributed by atoms with Crippen molar-refractivity contribution in [2.75, 3.05) is 25.1 Å². The fourth-order valence-corrected chi connectivity index (χ4v) is 2.20. The topological polar surface area (TPSA) is 75.3 Å². The number of hydrogen-bond acceptors (Lipinski definition) is 4. The Kier molecular flexibility index (Phi) is 4.53. The number of sulfone groups is 1. The molecular weight excluding hydrogens is 216 g/mol. The molecular formula is C9H18N2O3S. The van der Waals surface area contributed by atoms with Gasteiger partial charge in [0.15, 0.2) is 9.84 Å². The van der Waals surface area contributed by atoms with E-state index in [0.29, 0.717) is 12.6 Å². The molecule has 0 spiro atoms. The quantitative estimate of drug-likeness (QED) is 0.674. The van der Waals surface area contributed by atoms with E-state index in [1.54, 1.807) is 0 Å². The van der Waals surface area contributed by atoms with Gasteiger partial charge in [0.1, 0.15) is 5.75 Å². The minimum absolute atomic E-state index is 0.294. The molecule has 15 heavy (non-hydrogen) atoms. The minimum atomic E-state index is -3.21. The van der Waals surface area contributed by atoms with Crippen molar-refractivity contribution in [3.63, 3.8) is 0 Å². The van der Waals surface area contributed by atoms with Crippen LogP contribution in [0.5, 0.6) is 0 Å². The van der Waals surface area contributed by atoms with E-state index in [1.165, 1.54) is 12.8 Å². The van der Waals surface area contributed by atoms with Crippen LogP contribution in [-0.2, 0) is 14.6 Å². The molecule has 1 atom stereocenters. The van der Waals surface area contributed by atoms with E-state index in [4.69, 9.17) is 0 Å². The normalized spacial score (nSPS) is 22.3. The smallest absolute Gasteiger partial charge is 0.235 e. The van der Waals surface area contributed by atoms with Crippen LogP contribution in [0.2, 0.25) is 0 Å². The summed E-state index contributed by atoms with van der Waals surface area (Å²) in [5.74, 6) is -0.829. The summed E-state index contributed by atoms with van der Waals surface area (Å²) in [6, 6.07) is 0.294. The molecule has 2 N–H and O–H groups in total. The van der Waals surface area contributed by atoms with Gasteiger partial charge in [-0.15, -0.1) is 0 Å². The highest BCUT2D eigenvalue weighted by molar-refractivity contribution is 7.91. The molecule has 0 aromatic carbocycles. The van der Waals surface area contributed by atoms with Gasteiger partial charge < -0.3 is 10.6 Å². The standard InChI is InChI=1S/C9H18N2O3S/c1-15(13,14)7-9(12)11-6-8-4-2-3-5-10-8/h8,10H,2-7H2,1H3,(H,11,12). The molecule has 0 bridgehead atoms. The molecule has 0 aliphatic carbocycles. The van der Waals surface area contributed by atoms with Crippen molar-refractivity contribution >= 4 is 15.7 Å². The Morgan fingerprint density at radius 1 is 1.47 bits per heavy atom. The first kappa shape index (κ1) is 12.4. The van der Waals surface area contributed by atoms with Crippen LogP contribution >= 0.6 is 0 Å². The molecule has 1 amide bonds. The lowest BCUT2D eigenvalue weighted by Crippen LogP contribution is -2.44. The molecule has 1 unspecified atom stereocenters. The van der Waals surface area contributed by atoms with Gasteiger partial charge in [-0.05, 0) is 19.4 Å². The van der Waals surface area contributed by atoms with Crippen LogP contribution in [0.15, 0.2) is 0 Å². The first-order valence-electron chi connectivity index (χ1n) is 5.15. The van der Waals surface area contributed by atoms with Gasteiger partial charge in [0.2, 0.25) is 5.91 Å². The van der Waals surface area contributed by atoms with E-state index in [-0.39, 0.29) is 0 Å². The van der Waals surface area contributed by atoms with E-state index >= 15 is 0 Å². The van der Waals surface area contributed by atoms with Gasteiger partial charge in [-0.3, -0.25) is 4.79 Å². The molecule has 1 aliphatic rings. The van der Waals surface area contributed by atoms with Crippen molar-refractivity contribution in [1.82, 2.24) is 10.6 Å². The zero-order valence-corrected chi connectivity index (χ0v) is 9.77. The SMILES string of the molecule is CS(=O)(=O)CC(=O)NCC1CCCCN1. The first-order chi connectivity index (χ1) is 6.97. The number of carbonyl (C=O) groups excluding carboxylic acids is 1. The molecule has 0 saturated carbocycles. The molecule has 1 fully saturated rings. The Morgan fingerprint density at radius 3 is 2.73 bits per heavy atom. The van der Waals surface area contributed by atoms with Crippen LogP contribution in [-0.4, -0.2) is 45.5 Å². The van der Waals surface area contributed by atoms with Crippen molar-refractivity contribution in [2.24, 2.45) is 0 Å². The van der Waals surface area contributed by atoms with E-state index in [2.05, 4.69) is 10.6 Å². The lowest BCUT2D eigenvalue weighted by molar-refractivity contribution is -0.118. The van der Waals surface area contributed by atoms with Gasteiger partial charge in [0, 0.05) is 18.8 Å². The molecule has 1 aliphatic heterocycles. The maximum Gasteiger partial charge on any atom is 0.235 e. The molecule has 1 heterocycles. The van der Waals surface area contributed by atoms with Crippen molar-refractivity contribution in [3.8, 4) is 0 Å². The third-order valence-corrected chi connectivity index (χ3v) is 3.14. The van der Waals surface area contributed by atoms with Gasteiger partial charge in [-0.1, -0.05) is 6.42 Å². The predicted molar refractivity (Wildman–Crippen MR) is 58.4 cm³/mol. The molecule has 0 aromatic rings. The maximum atomic E-state index is 11.2. The molecule has 88 valence electrons. The average Bonchev–Trinajstić information content (AvgIpc) is 2.14. The molecule has 6 heteroatoms. The van der Waals surface area contributed by atoms with Crippen LogP contribution < -0.4 is 10.6 Å². The number of hydrogen-bond donors (Lipinski definition) is 2. The summed E-state index contributed by atoms with van der Waals surface area (Å²) in [5, 5.41) is 5.90. The summed E-state index contributed by atoms with van der Waals surface area (Å²) < 4.78 is 21.6. The summed E-state index contributed by atoms with van der Waals surface area (Å²) in [6.07, 6.45) is 4.44. The molecule has 1 rings (SSSR count). The third kappa shape index (κ3) is 5.74. The number of amides is 1. The van der Waals surface area contributed by atoms with Gasteiger partial charge in [0.25, 0.3) is 0 Å². The Bertz CT molecular complexity index is 307. The van der Waals surface area contributed by atoms with Crippen molar-refractivity contribution < 1.29 is 13.2 Å².